The van der Waals surface area contributed by atoms with Gasteiger partial charge < -0.3 is 5.32 Å². The molecule has 1 N–H and O–H groups in total. The number of benzene rings is 2. The Morgan fingerprint density at radius 3 is 2.19 bits per heavy atom. The Kier molecular flexibility index (Phi) is 5.70. The second-order valence-electron chi connectivity index (χ2n) is 4.62. The molecule has 2 rings (SSSR count). The monoisotopic (exact) mass is 311 g/mol. The van der Waals surface area contributed by atoms with E-state index in [1.807, 2.05) is 6.92 Å². The summed E-state index contributed by atoms with van der Waals surface area (Å²) in [6, 6.07) is 8.18. The lowest BCUT2D eigenvalue weighted by atomic mass is 10.2. The molecule has 1 nitrogen and oxygen atoms in total. The second-order valence-corrected chi connectivity index (χ2v) is 5.71. The Labute approximate surface area is 126 Å². The van der Waals surface area contributed by atoms with Crippen LogP contribution < -0.4 is 5.32 Å². The van der Waals surface area contributed by atoms with Crippen LogP contribution in [0.15, 0.2) is 46.2 Å². The zero-order chi connectivity index (χ0) is 15.2. The summed E-state index contributed by atoms with van der Waals surface area (Å²) in [6.45, 7) is 3.26. The van der Waals surface area contributed by atoms with E-state index in [0.29, 0.717) is 17.0 Å². The molecule has 0 aliphatic heterocycles. The van der Waals surface area contributed by atoms with E-state index < -0.39 is 11.6 Å². The van der Waals surface area contributed by atoms with Crippen LogP contribution in [0, 0.1) is 17.5 Å². The molecule has 0 radical (unpaired) electrons. The molecule has 21 heavy (non-hydrogen) atoms. The van der Waals surface area contributed by atoms with Crippen molar-refractivity contribution in [1.82, 2.24) is 5.32 Å². The minimum absolute atomic E-state index is 0.0687. The molecule has 0 unspecified atom stereocenters. The smallest absolute Gasteiger partial charge is 0.140 e. The zero-order valence-electron chi connectivity index (χ0n) is 11.6. The van der Waals surface area contributed by atoms with Crippen LogP contribution in [0.2, 0.25) is 0 Å². The average molecular weight is 311 g/mol. The first-order valence-corrected chi connectivity index (χ1v) is 7.54. The molecule has 0 atom stereocenters. The van der Waals surface area contributed by atoms with Crippen LogP contribution >= 0.6 is 11.8 Å². The molecule has 2 aromatic carbocycles. The van der Waals surface area contributed by atoms with Gasteiger partial charge in [-0.2, -0.15) is 0 Å². The quantitative estimate of drug-likeness (QED) is 0.772. The van der Waals surface area contributed by atoms with Gasteiger partial charge in [0.25, 0.3) is 0 Å². The van der Waals surface area contributed by atoms with E-state index in [2.05, 4.69) is 5.32 Å². The molecule has 0 fully saturated rings. The van der Waals surface area contributed by atoms with Crippen molar-refractivity contribution in [2.75, 3.05) is 6.54 Å². The first-order valence-electron chi connectivity index (χ1n) is 6.72. The molecule has 0 saturated carbocycles. The number of rotatable bonds is 6. The highest BCUT2D eigenvalue weighted by atomic mass is 32.2. The van der Waals surface area contributed by atoms with Crippen LogP contribution in [0.5, 0.6) is 0 Å². The average Bonchev–Trinajstić information content (AvgIpc) is 2.45. The van der Waals surface area contributed by atoms with Crippen LogP contribution in [0.4, 0.5) is 13.2 Å². The molecular formula is C16H16F3NS. The molecule has 0 aliphatic rings. The van der Waals surface area contributed by atoms with E-state index in [4.69, 9.17) is 0 Å². The van der Waals surface area contributed by atoms with E-state index in [-0.39, 0.29) is 10.7 Å². The Bertz CT molecular complexity index is 576. The number of nitrogens with one attached hydrogen (secondary N) is 1. The van der Waals surface area contributed by atoms with Crippen molar-refractivity contribution in [3.8, 4) is 0 Å². The van der Waals surface area contributed by atoms with Gasteiger partial charge in [-0.25, -0.2) is 13.2 Å². The molecule has 0 aromatic heterocycles. The number of hydrogen-bond acceptors (Lipinski definition) is 2. The predicted octanol–water partition coefficient (Wildman–Crippen LogP) is 4.75. The maximum Gasteiger partial charge on any atom is 0.140 e. The third-order valence-electron chi connectivity index (χ3n) is 2.85. The molecule has 5 heteroatoms. The SMILES string of the molecule is CCCNCc1cc(F)c(Sc2ccc(F)cc2)c(F)c1. The topological polar surface area (TPSA) is 12.0 Å². The van der Waals surface area contributed by atoms with Gasteiger partial charge in [-0.1, -0.05) is 18.7 Å². The Balaban J connectivity index is 2.14. The molecular weight excluding hydrogens is 295 g/mol. The van der Waals surface area contributed by atoms with Gasteiger partial charge in [0.2, 0.25) is 0 Å². The standard InChI is InChI=1S/C16H16F3NS/c1-2-7-20-10-11-8-14(18)16(15(19)9-11)21-13-5-3-12(17)4-6-13/h3-6,8-9,20H,2,7,10H2,1H3. The summed E-state index contributed by atoms with van der Waals surface area (Å²) in [5.41, 5.74) is 0.571. The highest BCUT2D eigenvalue weighted by Crippen LogP contribution is 2.32. The van der Waals surface area contributed by atoms with Crippen molar-refractivity contribution in [1.29, 1.82) is 0 Å². The predicted molar refractivity (Wildman–Crippen MR) is 78.9 cm³/mol. The third-order valence-corrected chi connectivity index (χ3v) is 3.95. The minimum Gasteiger partial charge on any atom is -0.313 e. The molecule has 112 valence electrons. The highest BCUT2D eigenvalue weighted by molar-refractivity contribution is 7.99. The fraction of sp³-hybridized carbons (Fsp3) is 0.250. The van der Waals surface area contributed by atoms with Gasteiger partial charge in [-0.15, -0.1) is 0 Å². The summed E-state index contributed by atoms with van der Waals surface area (Å²) in [5.74, 6) is -1.58. The maximum absolute atomic E-state index is 14.0. The second kappa shape index (κ2) is 7.52. The lowest BCUT2D eigenvalue weighted by Gasteiger charge is -2.09. The van der Waals surface area contributed by atoms with Gasteiger partial charge in [-0.05, 0) is 54.9 Å². The summed E-state index contributed by atoms with van der Waals surface area (Å²) in [7, 11) is 0. The number of halogens is 3. The van der Waals surface area contributed by atoms with Gasteiger partial charge in [0, 0.05) is 11.4 Å². The first kappa shape index (κ1) is 15.9. The summed E-state index contributed by atoms with van der Waals surface area (Å²) in [5, 5.41) is 3.10. The van der Waals surface area contributed by atoms with E-state index in [0.717, 1.165) is 24.7 Å². The van der Waals surface area contributed by atoms with Gasteiger partial charge in [0.15, 0.2) is 0 Å². The van der Waals surface area contributed by atoms with Crippen LogP contribution in [-0.4, -0.2) is 6.54 Å². The van der Waals surface area contributed by atoms with Gasteiger partial charge in [0.05, 0.1) is 4.90 Å². The molecule has 2 aromatic rings. The number of hydrogen-bond donors (Lipinski definition) is 1. The largest absolute Gasteiger partial charge is 0.313 e. The van der Waals surface area contributed by atoms with Crippen LogP contribution in [0.3, 0.4) is 0 Å². The van der Waals surface area contributed by atoms with Crippen LogP contribution in [-0.2, 0) is 6.54 Å². The Hall–Kier alpha value is -1.46. The molecule has 0 bridgehead atoms. The van der Waals surface area contributed by atoms with Crippen molar-refractivity contribution >= 4 is 11.8 Å². The van der Waals surface area contributed by atoms with E-state index >= 15 is 0 Å². The van der Waals surface area contributed by atoms with E-state index in [1.165, 1.54) is 36.4 Å². The minimum atomic E-state index is -0.599. The van der Waals surface area contributed by atoms with Gasteiger partial charge >= 0.3 is 0 Å². The van der Waals surface area contributed by atoms with Crippen molar-refractivity contribution in [2.24, 2.45) is 0 Å². The van der Waals surface area contributed by atoms with Crippen molar-refractivity contribution < 1.29 is 13.2 Å². The summed E-state index contributed by atoms with van der Waals surface area (Å²) >= 11 is 0.950. The molecule has 0 aliphatic carbocycles. The summed E-state index contributed by atoms with van der Waals surface area (Å²) in [4.78, 5) is 0.520. The molecule has 0 spiro atoms. The Morgan fingerprint density at radius 2 is 1.62 bits per heavy atom. The van der Waals surface area contributed by atoms with Crippen molar-refractivity contribution in [3.63, 3.8) is 0 Å². The summed E-state index contributed by atoms with van der Waals surface area (Å²) in [6.07, 6.45) is 0.962. The normalized spacial score (nSPS) is 10.9. The lowest BCUT2D eigenvalue weighted by Crippen LogP contribution is -2.14. The van der Waals surface area contributed by atoms with Gasteiger partial charge in [-0.3, -0.25) is 0 Å². The van der Waals surface area contributed by atoms with Crippen LogP contribution in [0.1, 0.15) is 18.9 Å². The van der Waals surface area contributed by atoms with Crippen molar-refractivity contribution in [2.45, 2.75) is 29.7 Å². The fourth-order valence-corrected chi connectivity index (χ4v) is 2.66. The fourth-order valence-electron chi connectivity index (χ4n) is 1.84. The van der Waals surface area contributed by atoms with Gasteiger partial charge in [0.1, 0.15) is 17.5 Å². The van der Waals surface area contributed by atoms with E-state index in [1.54, 1.807) is 0 Å². The van der Waals surface area contributed by atoms with Crippen LogP contribution in [0.25, 0.3) is 0 Å². The third kappa shape index (κ3) is 4.51. The molecule has 0 saturated heterocycles. The molecule has 0 amide bonds. The van der Waals surface area contributed by atoms with E-state index in [9.17, 15) is 13.2 Å². The zero-order valence-corrected chi connectivity index (χ0v) is 12.4. The highest BCUT2D eigenvalue weighted by Gasteiger charge is 2.13. The maximum atomic E-state index is 14.0. The first-order chi connectivity index (χ1) is 10.1. The summed E-state index contributed by atoms with van der Waals surface area (Å²) < 4.78 is 40.9. The lowest BCUT2D eigenvalue weighted by molar-refractivity contribution is 0.534. The molecule has 0 heterocycles. The van der Waals surface area contributed by atoms with Crippen molar-refractivity contribution in [3.05, 3.63) is 59.4 Å². The Morgan fingerprint density at radius 1 is 1.00 bits per heavy atom.